The molecule has 0 saturated carbocycles. The van der Waals surface area contributed by atoms with Crippen LogP contribution in [0, 0.1) is 29.6 Å². The van der Waals surface area contributed by atoms with Crippen LogP contribution < -0.4 is 0 Å². The van der Waals surface area contributed by atoms with Crippen LogP contribution in [-0.2, 0) is 4.79 Å². The van der Waals surface area contributed by atoms with Crippen molar-refractivity contribution in [3.05, 3.63) is 0 Å². The first-order valence-corrected chi connectivity index (χ1v) is 5.14. The van der Waals surface area contributed by atoms with Crippen molar-refractivity contribution in [1.82, 2.24) is 0 Å². The number of hydrogen-bond donors (Lipinski definition) is 0. The smallest absolute Gasteiger partial charge is 0.134 e. The van der Waals surface area contributed by atoms with Gasteiger partial charge in [-0.25, -0.2) is 0 Å². The Labute approximate surface area is 87.3 Å². The van der Waals surface area contributed by atoms with Gasteiger partial charge in [0.2, 0.25) is 0 Å². The summed E-state index contributed by atoms with van der Waals surface area (Å²) in [5, 5.41) is 0. The summed E-state index contributed by atoms with van der Waals surface area (Å²) in [4.78, 5) is 11.2. The van der Waals surface area contributed by atoms with Crippen molar-refractivity contribution >= 4 is 5.78 Å². The molecule has 0 atom stereocenters. The molecule has 0 bridgehead atoms. The average molecular weight is 190 g/mol. The number of carbonyl (C=O) groups excluding carboxylic acids is 1. The predicted octanol–water partition coefficient (Wildman–Crippen LogP) is 2.80. The molecule has 0 amide bonds. The summed E-state index contributed by atoms with van der Waals surface area (Å²) in [6.45, 7) is 6.09. The fourth-order valence-corrected chi connectivity index (χ4v) is 0.999. The molecular formula is C13H18O. The molecule has 0 fully saturated rings. The fourth-order valence-electron chi connectivity index (χ4n) is 0.999. The molecule has 0 aliphatic rings. The number of ketones is 1. The molecule has 0 aliphatic heterocycles. The molecule has 0 aromatic heterocycles. The zero-order valence-corrected chi connectivity index (χ0v) is 9.31. The Morgan fingerprint density at radius 2 is 1.86 bits per heavy atom. The van der Waals surface area contributed by atoms with Crippen LogP contribution in [0.5, 0.6) is 0 Å². The van der Waals surface area contributed by atoms with Crippen LogP contribution in [0.2, 0.25) is 0 Å². The van der Waals surface area contributed by atoms with E-state index in [1.54, 1.807) is 0 Å². The third-order valence-corrected chi connectivity index (χ3v) is 1.58. The van der Waals surface area contributed by atoms with Gasteiger partial charge in [-0.2, -0.15) is 0 Å². The van der Waals surface area contributed by atoms with Crippen molar-refractivity contribution in [2.24, 2.45) is 5.92 Å². The standard InChI is InChI=1S/C13H18O/c1-4-5-6-7-8-9-10-13(14)11-12(2)3/h12H,4,9-11H2,1-3H3. The Morgan fingerprint density at radius 3 is 2.43 bits per heavy atom. The van der Waals surface area contributed by atoms with Crippen molar-refractivity contribution in [3.8, 4) is 23.7 Å². The molecule has 0 rings (SSSR count). The minimum Gasteiger partial charge on any atom is -0.300 e. The van der Waals surface area contributed by atoms with Gasteiger partial charge in [0, 0.05) is 25.7 Å². The third-order valence-electron chi connectivity index (χ3n) is 1.58. The quantitative estimate of drug-likeness (QED) is 0.623. The lowest BCUT2D eigenvalue weighted by atomic mass is 10.0. The molecule has 0 aromatic rings. The van der Waals surface area contributed by atoms with E-state index in [4.69, 9.17) is 0 Å². The molecule has 0 saturated heterocycles. The van der Waals surface area contributed by atoms with Crippen LogP contribution in [0.4, 0.5) is 0 Å². The molecule has 1 heteroatoms. The summed E-state index contributed by atoms with van der Waals surface area (Å²) in [6.07, 6.45) is 2.71. The summed E-state index contributed by atoms with van der Waals surface area (Å²) in [5.74, 6) is 12.0. The maximum absolute atomic E-state index is 11.2. The lowest BCUT2D eigenvalue weighted by Gasteiger charge is -2.00. The monoisotopic (exact) mass is 190 g/mol. The van der Waals surface area contributed by atoms with Gasteiger partial charge in [-0.1, -0.05) is 32.6 Å². The fraction of sp³-hybridized carbons (Fsp3) is 0.615. The Bertz CT molecular complexity index is 278. The molecule has 0 heterocycles. The van der Waals surface area contributed by atoms with Gasteiger partial charge in [0.1, 0.15) is 5.78 Å². The Hall–Kier alpha value is -1.21. The minimum absolute atomic E-state index is 0.303. The first-order valence-electron chi connectivity index (χ1n) is 5.14. The second-order valence-electron chi connectivity index (χ2n) is 3.59. The Kier molecular flexibility index (Phi) is 7.67. The van der Waals surface area contributed by atoms with E-state index in [9.17, 15) is 4.79 Å². The van der Waals surface area contributed by atoms with Gasteiger partial charge < -0.3 is 0 Å². The van der Waals surface area contributed by atoms with Gasteiger partial charge >= 0.3 is 0 Å². The van der Waals surface area contributed by atoms with E-state index < -0.39 is 0 Å². The van der Waals surface area contributed by atoms with E-state index in [2.05, 4.69) is 37.5 Å². The minimum atomic E-state index is 0.303. The van der Waals surface area contributed by atoms with Crippen LogP contribution in [0.15, 0.2) is 0 Å². The highest BCUT2D eigenvalue weighted by atomic mass is 16.1. The zero-order valence-electron chi connectivity index (χ0n) is 9.31. The summed E-state index contributed by atoms with van der Waals surface area (Å²) in [5.41, 5.74) is 0. The maximum Gasteiger partial charge on any atom is 0.134 e. The highest BCUT2D eigenvalue weighted by Gasteiger charge is 2.02. The number of hydrogen-bond acceptors (Lipinski definition) is 1. The van der Waals surface area contributed by atoms with Crippen LogP contribution in [0.1, 0.15) is 46.5 Å². The molecular weight excluding hydrogens is 172 g/mol. The molecule has 1 nitrogen and oxygen atoms in total. The van der Waals surface area contributed by atoms with Gasteiger partial charge in [0.15, 0.2) is 0 Å². The summed E-state index contributed by atoms with van der Waals surface area (Å²) in [6, 6.07) is 0. The molecule has 76 valence electrons. The summed E-state index contributed by atoms with van der Waals surface area (Å²) < 4.78 is 0. The van der Waals surface area contributed by atoms with E-state index in [1.807, 2.05) is 6.92 Å². The van der Waals surface area contributed by atoms with Gasteiger partial charge in [-0.15, -0.1) is 0 Å². The van der Waals surface area contributed by atoms with E-state index in [0.717, 1.165) is 6.42 Å². The average Bonchev–Trinajstić information content (AvgIpc) is 2.10. The topological polar surface area (TPSA) is 17.1 Å². The van der Waals surface area contributed by atoms with Crippen LogP contribution in [0.3, 0.4) is 0 Å². The van der Waals surface area contributed by atoms with Gasteiger partial charge in [0.05, 0.1) is 0 Å². The lowest BCUT2D eigenvalue weighted by Crippen LogP contribution is -2.01. The van der Waals surface area contributed by atoms with E-state index in [0.29, 0.717) is 31.0 Å². The van der Waals surface area contributed by atoms with Crippen molar-refractivity contribution < 1.29 is 4.79 Å². The molecule has 0 aliphatic carbocycles. The molecule has 0 unspecified atom stereocenters. The van der Waals surface area contributed by atoms with Crippen molar-refractivity contribution in [2.75, 3.05) is 0 Å². The largest absolute Gasteiger partial charge is 0.300 e. The Morgan fingerprint density at radius 1 is 1.21 bits per heavy atom. The zero-order chi connectivity index (χ0) is 10.8. The first kappa shape index (κ1) is 12.8. The third kappa shape index (κ3) is 8.88. The van der Waals surface area contributed by atoms with Crippen molar-refractivity contribution in [3.63, 3.8) is 0 Å². The highest BCUT2D eigenvalue weighted by molar-refractivity contribution is 5.78. The van der Waals surface area contributed by atoms with E-state index in [1.165, 1.54) is 0 Å². The van der Waals surface area contributed by atoms with Crippen LogP contribution >= 0.6 is 0 Å². The Balaban J connectivity index is 3.61. The normalized spacial score (nSPS) is 8.57. The highest BCUT2D eigenvalue weighted by Crippen LogP contribution is 2.03. The van der Waals surface area contributed by atoms with Crippen LogP contribution in [0.25, 0.3) is 0 Å². The molecule has 14 heavy (non-hydrogen) atoms. The van der Waals surface area contributed by atoms with Gasteiger partial charge in [-0.05, 0) is 17.8 Å². The van der Waals surface area contributed by atoms with E-state index >= 15 is 0 Å². The van der Waals surface area contributed by atoms with Gasteiger partial charge in [-0.3, -0.25) is 4.79 Å². The maximum atomic E-state index is 11.2. The number of rotatable bonds is 4. The molecule has 0 aromatic carbocycles. The molecule has 0 spiro atoms. The second kappa shape index (κ2) is 8.39. The summed E-state index contributed by atoms with van der Waals surface area (Å²) >= 11 is 0. The summed E-state index contributed by atoms with van der Waals surface area (Å²) in [7, 11) is 0. The predicted molar refractivity (Wildman–Crippen MR) is 59.5 cm³/mol. The van der Waals surface area contributed by atoms with Crippen LogP contribution in [-0.4, -0.2) is 5.78 Å². The number of Topliss-reactive ketones (excluding diaryl/α,β-unsaturated/α-hetero) is 1. The van der Waals surface area contributed by atoms with Gasteiger partial charge in [0.25, 0.3) is 0 Å². The van der Waals surface area contributed by atoms with Crippen molar-refractivity contribution in [2.45, 2.75) is 46.5 Å². The SMILES string of the molecule is CCC#CC#CCCC(=O)CC(C)C. The first-order chi connectivity index (χ1) is 6.66. The van der Waals surface area contributed by atoms with E-state index in [-0.39, 0.29) is 0 Å². The second-order valence-corrected chi connectivity index (χ2v) is 3.59. The lowest BCUT2D eigenvalue weighted by molar-refractivity contribution is -0.119. The van der Waals surface area contributed by atoms with Crippen molar-refractivity contribution in [1.29, 1.82) is 0 Å². The molecule has 0 N–H and O–H groups in total. The molecule has 0 radical (unpaired) electrons. The number of carbonyl (C=O) groups is 1.